The van der Waals surface area contributed by atoms with Crippen molar-refractivity contribution in [1.82, 2.24) is 9.97 Å². The summed E-state index contributed by atoms with van der Waals surface area (Å²) >= 11 is 6.12. The summed E-state index contributed by atoms with van der Waals surface area (Å²) in [4.78, 5) is 8.35. The molecule has 23 heavy (non-hydrogen) atoms. The lowest BCUT2D eigenvalue weighted by molar-refractivity contribution is 1.17. The molecule has 0 aliphatic heterocycles. The summed E-state index contributed by atoms with van der Waals surface area (Å²) in [5, 5.41) is 15.8. The van der Waals surface area contributed by atoms with Crippen LogP contribution in [0.25, 0.3) is 0 Å². The summed E-state index contributed by atoms with van der Waals surface area (Å²) in [6, 6.07) is 18.5. The first-order chi connectivity index (χ1) is 11.2. The molecule has 3 rings (SSSR count). The van der Waals surface area contributed by atoms with Gasteiger partial charge in [0.25, 0.3) is 0 Å². The van der Waals surface area contributed by atoms with Crippen LogP contribution in [0.4, 0.5) is 23.0 Å². The predicted octanol–water partition coefficient (Wildman–Crippen LogP) is 4.49. The summed E-state index contributed by atoms with van der Waals surface area (Å²) in [5.41, 5.74) is 2.13. The van der Waals surface area contributed by atoms with Gasteiger partial charge in [-0.25, -0.2) is 9.97 Å². The zero-order valence-electron chi connectivity index (χ0n) is 12.0. The van der Waals surface area contributed by atoms with Crippen molar-refractivity contribution >= 4 is 34.6 Å². The van der Waals surface area contributed by atoms with Crippen LogP contribution in [0.3, 0.4) is 0 Å². The highest BCUT2D eigenvalue weighted by Gasteiger charge is 2.03. The van der Waals surface area contributed by atoms with Crippen LogP contribution in [0.1, 0.15) is 5.56 Å². The maximum absolute atomic E-state index is 8.94. The van der Waals surface area contributed by atoms with Gasteiger partial charge in [0.05, 0.1) is 22.3 Å². The molecule has 6 heteroatoms. The minimum Gasteiger partial charge on any atom is -0.340 e. The van der Waals surface area contributed by atoms with Crippen molar-refractivity contribution in [2.24, 2.45) is 0 Å². The molecule has 0 aliphatic carbocycles. The molecule has 2 N–H and O–H groups in total. The number of anilines is 4. The van der Waals surface area contributed by atoms with Gasteiger partial charge in [-0.05, 0) is 30.3 Å². The highest BCUT2D eigenvalue weighted by molar-refractivity contribution is 6.33. The van der Waals surface area contributed by atoms with Crippen molar-refractivity contribution in [1.29, 1.82) is 5.26 Å². The molecule has 0 unspecified atom stereocenters. The van der Waals surface area contributed by atoms with Crippen LogP contribution in [0.5, 0.6) is 0 Å². The Balaban J connectivity index is 1.80. The summed E-state index contributed by atoms with van der Waals surface area (Å²) in [6.07, 6.45) is 1.45. The van der Waals surface area contributed by atoms with E-state index in [4.69, 9.17) is 16.9 Å². The minimum atomic E-state index is 0.582. The van der Waals surface area contributed by atoms with E-state index in [1.807, 2.05) is 30.3 Å². The first-order valence-electron chi connectivity index (χ1n) is 6.85. The maximum Gasteiger partial charge on any atom is 0.135 e. The molecule has 0 radical (unpaired) electrons. The summed E-state index contributed by atoms with van der Waals surface area (Å²) in [5.74, 6) is 1.23. The highest BCUT2D eigenvalue weighted by Crippen LogP contribution is 2.25. The lowest BCUT2D eigenvalue weighted by Crippen LogP contribution is -1.99. The molecule has 3 aromatic rings. The molecule has 0 saturated heterocycles. The Morgan fingerprint density at radius 1 is 0.913 bits per heavy atom. The molecule has 1 aromatic heterocycles. The second-order valence-electron chi connectivity index (χ2n) is 4.71. The number of hydrogen-bond donors (Lipinski definition) is 2. The first-order valence-corrected chi connectivity index (χ1v) is 7.23. The molecule has 1 heterocycles. The zero-order chi connectivity index (χ0) is 16.1. The van der Waals surface area contributed by atoms with E-state index in [-0.39, 0.29) is 0 Å². The lowest BCUT2D eigenvalue weighted by Gasteiger charge is -2.09. The number of para-hydroxylation sites is 1. The van der Waals surface area contributed by atoms with Crippen LogP contribution in [-0.2, 0) is 0 Å². The van der Waals surface area contributed by atoms with Gasteiger partial charge in [0.15, 0.2) is 0 Å². The number of benzene rings is 2. The molecule has 0 aliphatic rings. The number of rotatable bonds is 4. The Kier molecular flexibility index (Phi) is 4.37. The normalized spacial score (nSPS) is 9.91. The SMILES string of the molecule is N#Cc1cccc(Nc2cc(Nc3ccccc3Cl)ncn2)c1. The highest BCUT2D eigenvalue weighted by atomic mass is 35.5. The van der Waals surface area contributed by atoms with Crippen molar-refractivity contribution in [3.63, 3.8) is 0 Å². The van der Waals surface area contributed by atoms with Crippen LogP contribution in [0, 0.1) is 11.3 Å². The van der Waals surface area contributed by atoms with E-state index < -0.39 is 0 Å². The minimum absolute atomic E-state index is 0.582. The first kappa shape index (κ1) is 14.8. The Labute approximate surface area is 138 Å². The van der Waals surface area contributed by atoms with E-state index in [2.05, 4.69) is 26.7 Å². The third-order valence-corrected chi connectivity index (χ3v) is 3.40. The van der Waals surface area contributed by atoms with Gasteiger partial charge in [-0.1, -0.05) is 29.8 Å². The second-order valence-corrected chi connectivity index (χ2v) is 5.12. The summed E-state index contributed by atoms with van der Waals surface area (Å²) in [7, 11) is 0. The molecule has 0 amide bonds. The Bertz CT molecular complexity index is 873. The molecule has 0 saturated carbocycles. The maximum atomic E-state index is 8.94. The number of nitrogens with zero attached hydrogens (tertiary/aromatic N) is 3. The van der Waals surface area contributed by atoms with E-state index in [1.54, 1.807) is 24.3 Å². The third kappa shape index (κ3) is 3.76. The molecule has 2 aromatic carbocycles. The number of hydrogen-bond acceptors (Lipinski definition) is 5. The summed E-state index contributed by atoms with van der Waals surface area (Å²) in [6.45, 7) is 0. The second kappa shape index (κ2) is 6.77. The zero-order valence-corrected chi connectivity index (χ0v) is 12.7. The van der Waals surface area contributed by atoms with Crippen molar-refractivity contribution in [2.45, 2.75) is 0 Å². The molecule has 5 nitrogen and oxygen atoms in total. The molecule has 0 spiro atoms. The third-order valence-electron chi connectivity index (χ3n) is 3.07. The van der Waals surface area contributed by atoms with Gasteiger partial charge in [0, 0.05) is 11.8 Å². The number of halogens is 1. The average molecular weight is 322 g/mol. The van der Waals surface area contributed by atoms with Crippen molar-refractivity contribution in [3.8, 4) is 6.07 Å². The Hall–Kier alpha value is -3.10. The van der Waals surface area contributed by atoms with Gasteiger partial charge in [-0.15, -0.1) is 0 Å². The Morgan fingerprint density at radius 3 is 2.48 bits per heavy atom. The number of aromatic nitrogens is 2. The van der Waals surface area contributed by atoms with Crippen LogP contribution in [0.2, 0.25) is 5.02 Å². The van der Waals surface area contributed by atoms with E-state index in [0.29, 0.717) is 22.2 Å². The van der Waals surface area contributed by atoms with Crippen molar-refractivity contribution < 1.29 is 0 Å². The Morgan fingerprint density at radius 2 is 1.70 bits per heavy atom. The van der Waals surface area contributed by atoms with Crippen LogP contribution >= 0.6 is 11.6 Å². The van der Waals surface area contributed by atoms with Crippen molar-refractivity contribution in [2.75, 3.05) is 10.6 Å². The average Bonchev–Trinajstić information content (AvgIpc) is 2.57. The summed E-state index contributed by atoms with van der Waals surface area (Å²) < 4.78 is 0. The predicted molar refractivity (Wildman–Crippen MR) is 91.2 cm³/mol. The lowest BCUT2D eigenvalue weighted by atomic mass is 10.2. The molecule has 112 valence electrons. The number of nitrogens with one attached hydrogen (secondary N) is 2. The van der Waals surface area contributed by atoms with Crippen molar-refractivity contribution in [3.05, 3.63) is 71.5 Å². The van der Waals surface area contributed by atoms with Gasteiger partial charge < -0.3 is 10.6 Å². The van der Waals surface area contributed by atoms with Gasteiger partial charge >= 0.3 is 0 Å². The van der Waals surface area contributed by atoms with Gasteiger partial charge in [0.1, 0.15) is 18.0 Å². The van der Waals surface area contributed by atoms with Crippen LogP contribution in [-0.4, -0.2) is 9.97 Å². The molecule has 0 bridgehead atoms. The van der Waals surface area contributed by atoms with Gasteiger partial charge in [-0.3, -0.25) is 0 Å². The van der Waals surface area contributed by atoms with E-state index in [0.717, 1.165) is 11.4 Å². The number of nitriles is 1. The van der Waals surface area contributed by atoms with Gasteiger partial charge in [-0.2, -0.15) is 5.26 Å². The van der Waals surface area contributed by atoms with Crippen LogP contribution < -0.4 is 10.6 Å². The van der Waals surface area contributed by atoms with E-state index >= 15 is 0 Å². The van der Waals surface area contributed by atoms with Gasteiger partial charge in [0.2, 0.25) is 0 Å². The molecule has 0 atom stereocenters. The van der Waals surface area contributed by atoms with Crippen LogP contribution in [0.15, 0.2) is 60.9 Å². The fourth-order valence-electron chi connectivity index (χ4n) is 2.01. The molecule has 0 fully saturated rings. The van der Waals surface area contributed by atoms with E-state index in [1.165, 1.54) is 6.33 Å². The molecular formula is C17H12ClN5. The largest absolute Gasteiger partial charge is 0.340 e. The van der Waals surface area contributed by atoms with E-state index in [9.17, 15) is 0 Å². The fraction of sp³-hybridized carbons (Fsp3) is 0. The molecular weight excluding hydrogens is 310 g/mol. The standard InChI is InChI=1S/C17H12ClN5/c18-14-6-1-2-7-15(14)23-17-9-16(20-11-21-17)22-13-5-3-4-12(8-13)10-19/h1-9,11H,(H2,20,21,22,23). The fourth-order valence-corrected chi connectivity index (χ4v) is 2.19. The quantitative estimate of drug-likeness (QED) is 0.740. The smallest absolute Gasteiger partial charge is 0.135 e. The monoisotopic (exact) mass is 321 g/mol. The topological polar surface area (TPSA) is 73.6 Å².